The molecule has 2 rings (SSSR count). The Labute approximate surface area is 107 Å². The molecule has 5 heteroatoms. The first-order chi connectivity index (χ1) is 8.38. The van der Waals surface area contributed by atoms with Gasteiger partial charge in [-0.05, 0) is 25.0 Å². The van der Waals surface area contributed by atoms with Gasteiger partial charge in [0.05, 0.1) is 12.4 Å². The molecule has 1 aliphatic heterocycles. The van der Waals surface area contributed by atoms with Crippen LogP contribution in [0, 0.1) is 0 Å². The predicted octanol–water partition coefficient (Wildman–Crippen LogP) is 2.61. The van der Waals surface area contributed by atoms with Crippen molar-refractivity contribution in [3.05, 3.63) is 12.4 Å². The van der Waals surface area contributed by atoms with Crippen LogP contribution in [-0.2, 0) is 0 Å². The molecule has 0 aliphatic carbocycles. The predicted molar refractivity (Wildman–Crippen MR) is 74.8 cm³/mol. The average Bonchev–Trinajstić information content (AvgIpc) is 2.38. The summed E-state index contributed by atoms with van der Waals surface area (Å²) in [6.07, 6.45) is 7.20. The third kappa shape index (κ3) is 4.07. The van der Waals surface area contributed by atoms with Crippen LogP contribution in [0.3, 0.4) is 0 Å². The Morgan fingerprint density at radius 3 is 3.06 bits per heavy atom. The quantitative estimate of drug-likeness (QED) is 0.843. The van der Waals surface area contributed by atoms with E-state index in [9.17, 15) is 0 Å². The monoisotopic (exact) mass is 252 g/mol. The van der Waals surface area contributed by atoms with E-state index in [2.05, 4.69) is 27.5 Å². The Bertz CT molecular complexity index is 339. The second-order valence-electron chi connectivity index (χ2n) is 4.27. The number of hydrogen-bond acceptors (Lipinski definition) is 5. The molecule has 1 fully saturated rings. The van der Waals surface area contributed by atoms with Crippen LogP contribution in [0.5, 0.6) is 0 Å². The summed E-state index contributed by atoms with van der Waals surface area (Å²) in [5.41, 5.74) is 0. The van der Waals surface area contributed by atoms with E-state index in [0.717, 1.165) is 24.6 Å². The SMILES string of the molecule is CCCNc1cncc(NC2CCCSC2)n1. The lowest BCUT2D eigenvalue weighted by Crippen LogP contribution is -2.26. The lowest BCUT2D eigenvalue weighted by molar-refractivity contribution is 0.682. The largest absolute Gasteiger partial charge is 0.369 e. The van der Waals surface area contributed by atoms with Crippen molar-refractivity contribution in [2.24, 2.45) is 0 Å². The third-order valence-electron chi connectivity index (χ3n) is 2.70. The Hall–Kier alpha value is -0.970. The van der Waals surface area contributed by atoms with Crippen LogP contribution in [0.1, 0.15) is 26.2 Å². The van der Waals surface area contributed by atoms with Crippen molar-refractivity contribution < 1.29 is 0 Å². The molecule has 1 aromatic heterocycles. The van der Waals surface area contributed by atoms with E-state index >= 15 is 0 Å². The van der Waals surface area contributed by atoms with Crippen LogP contribution in [-0.4, -0.2) is 34.1 Å². The topological polar surface area (TPSA) is 49.8 Å². The van der Waals surface area contributed by atoms with Crippen molar-refractivity contribution in [3.63, 3.8) is 0 Å². The van der Waals surface area contributed by atoms with Gasteiger partial charge in [-0.15, -0.1) is 0 Å². The van der Waals surface area contributed by atoms with E-state index < -0.39 is 0 Å². The van der Waals surface area contributed by atoms with Crippen molar-refractivity contribution in [2.45, 2.75) is 32.2 Å². The molecule has 0 aromatic carbocycles. The number of nitrogens with one attached hydrogen (secondary N) is 2. The van der Waals surface area contributed by atoms with Gasteiger partial charge in [-0.25, -0.2) is 4.98 Å². The van der Waals surface area contributed by atoms with Gasteiger partial charge in [0.2, 0.25) is 0 Å². The van der Waals surface area contributed by atoms with Crippen LogP contribution in [0.25, 0.3) is 0 Å². The van der Waals surface area contributed by atoms with Crippen LogP contribution in [0.4, 0.5) is 11.6 Å². The van der Waals surface area contributed by atoms with Crippen molar-refractivity contribution in [1.82, 2.24) is 9.97 Å². The Morgan fingerprint density at radius 2 is 2.29 bits per heavy atom. The number of nitrogens with zero attached hydrogens (tertiary/aromatic N) is 2. The standard InChI is InChI=1S/C12H20N4S/c1-2-5-14-11-7-13-8-12(16-11)15-10-4-3-6-17-9-10/h7-8,10H,2-6,9H2,1H3,(H2,14,15,16). The maximum atomic E-state index is 4.51. The van der Waals surface area contributed by atoms with Gasteiger partial charge in [-0.3, -0.25) is 4.98 Å². The summed E-state index contributed by atoms with van der Waals surface area (Å²) >= 11 is 2.01. The van der Waals surface area contributed by atoms with Crippen LogP contribution < -0.4 is 10.6 Å². The highest BCUT2D eigenvalue weighted by atomic mass is 32.2. The lowest BCUT2D eigenvalue weighted by atomic mass is 10.2. The highest BCUT2D eigenvalue weighted by Crippen LogP contribution is 2.20. The summed E-state index contributed by atoms with van der Waals surface area (Å²) in [5, 5.41) is 6.72. The Kier molecular flexibility index (Phi) is 4.91. The van der Waals surface area contributed by atoms with E-state index in [1.807, 2.05) is 11.8 Å². The number of anilines is 2. The van der Waals surface area contributed by atoms with E-state index in [1.54, 1.807) is 12.4 Å². The summed E-state index contributed by atoms with van der Waals surface area (Å²) in [7, 11) is 0. The van der Waals surface area contributed by atoms with E-state index in [4.69, 9.17) is 0 Å². The van der Waals surface area contributed by atoms with Gasteiger partial charge in [-0.1, -0.05) is 6.92 Å². The number of aromatic nitrogens is 2. The summed E-state index contributed by atoms with van der Waals surface area (Å²) in [4.78, 5) is 8.72. The summed E-state index contributed by atoms with van der Waals surface area (Å²) in [6.45, 7) is 3.08. The minimum atomic E-state index is 0.546. The molecule has 1 unspecified atom stereocenters. The third-order valence-corrected chi connectivity index (χ3v) is 3.92. The van der Waals surface area contributed by atoms with E-state index in [0.29, 0.717) is 6.04 Å². The van der Waals surface area contributed by atoms with E-state index in [1.165, 1.54) is 24.3 Å². The van der Waals surface area contributed by atoms with Gasteiger partial charge in [0.1, 0.15) is 11.6 Å². The molecule has 0 radical (unpaired) electrons. The lowest BCUT2D eigenvalue weighted by Gasteiger charge is -2.22. The summed E-state index contributed by atoms with van der Waals surface area (Å²) in [6, 6.07) is 0.546. The molecule has 1 aliphatic rings. The molecule has 1 aromatic rings. The van der Waals surface area contributed by atoms with Crippen LogP contribution in [0.15, 0.2) is 12.4 Å². The number of rotatable bonds is 5. The molecule has 0 amide bonds. The molecule has 2 heterocycles. The zero-order valence-corrected chi connectivity index (χ0v) is 11.1. The Balaban J connectivity index is 1.90. The molecule has 0 bridgehead atoms. The second-order valence-corrected chi connectivity index (χ2v) is 5.42. The fourth-order valence-corrected chi connectivity index (χ4v) is 2.91. The maximum absolute atomic E-state index is 4.51. The smallest absolute Gasteiger partial charge is 0.147 e. The fourth-order valence-electron chi connectivity index (χ4n) is 1.84. The maximum Gasteiger partial charge on any atom is 0.147 e. The van der Waals surface area contributed by atoms with Crippen LogP contribution in [0.2, 0.25) is 0 Å². The summed E-state index contributed by atoms with van der Waals surface area (Å²) < 4.78 is 0. The van der Waals surface area contributed by atoms with E-state index in [-0.39, 0.29) is 0 Å². The molecule has 4 nitrogen and oxygen atoms in total. The van der Waals surface area contributed by atoms with Crippen molar-refractivity contribution in [3.8, 4) is 0 Å². The number of thioether (sulfide) groups is 1. The number of hydrogen-bond donors (Lipinski definition) is 2. The highest BCUT2D eigenvalue weighted by Gasteiger charge is 2.13. The molecular weight excluding hydrogens is 232 g/mol. The van der Waals surface area contributed by atoms with Gasteiger partial charge >= 0.3 is 0 Å². The minimum Gasteiger partial charge on any atom is -0.369 e. The molecule has 1 atom stereocenters. The summed E-state index contributed by atoms with van der Waals surface area (Å²) in [5.74, 6) is 4.22. The molecule has 0 spiro atoms. The molecule has 1 saturated heterocycles. The Morgan fingerprint density at radius 1 is 1.41 bits per heavy atom. The molecular formula is C12H20N4S. The first-order valence-corrected chi connectivity index (χ1v) is 7.44. The van der Waals surface area contributed by atoms with Gasteiger partial charge in [0.25, 0.3) is 0 Å². The molecule has 94 valence electrons. The van der Waals surface area contributed by atoms with Gasteiger partial charge in [0, 0.05) is 18.3 Å². The molecule has 0 saturated carbocycles. The second kappa shape index (κ2) is 6.69. The van der Waals surface area contributed by atoms with Gasteiger partial charge < -0.3 is 10.6 Å². The zero-order chi connectivity index (χ0) is 11.9. The molecule has 2 N–H and O–H groups in total. The van der Waals surface area contributed by atoms with Crippen molar-refractivity contribution >= 4 is 23.4 Å². The molecule has 17 heavy (non-hydrogen) atoms. The zero-order valence-electron chi connectivity index (χ0n) is 10.3. The first kappa shape index (κ1) is 12.5. The highest BCUT2D eigenvalue weighted by molar-refractivity contribution is 7.99. The first-order valence-electron chi connectivity index (χ1n) is 6.28. The van der Waals surface area contributed by atoms with Gasteiger partial charge in [-0.2, -0.15) is 11.8 Å². The average molecular weight is 252 g/mol. The fraction of sp³-hybridized carbons (Fsp3) is 0.667. The minimum absolute atomic E-state index is 0.546. The van der Waals surface area contributed by atoms with Gasteiger partial charge in [0.15, 0.2) is 0 Å². The van der Waals surface area contributed by atoms with Crippen molar-refractivity contribution in [2.75, 3.05) is 28.7 Å². The van der Waals surface area contributed by atoms with Crippen LogP contribution >= 0.6 is 11.8 Å². The normalized spacial score (nSPS) is 19.9. The van der Waals surface area contributed by atoms with Crippen molar-refractivity contribution in [1.29, 1.82) is 0 Å².